The Hall–Kier alpha value is -1.43. The largest absolute Gasteiger partial charge is 0.478 e. The van der Waals surface area contributed by atoms with E-state index < -0.39 is 23.2 Å². The van der Waals surface area contributed by atoms with Crippen molar-refractivity contribution in [2.24, 2.45) is 11.8 Å². The van der Waals surface area contributed by atoms with Gasteiger partial charge in [-0.25, -0.2) is 13.6 Å². The average Bonchev–Trinajstić information content (AvgIpc) is 2.31. The smallest absolute Gasteiger partial charge is 0.338 e. The van der Waals surface area contributed by atoms with Crippen LogP contribution in [0.2, 0.25) is 0 Å². The van der Waals surface area contributed by atoms with Crippen LogP contribution in [-0.4, -0.2) is 16.2 Å². The molecule has 1 atom stereocenters. The first-order valence-electron chi connectivity index (χ1n) is 6.15. The lowest BCUT2D eigenvalue weighted by molar-refractivity contribution is -0.112. The van der Waals surface area contributed by atoms with Gasteiger partial charge in [0, 0.05) is 12.5 Å². The molecule has 1 N–H and O–H groups in total. The van der Waals surface area contributed by atoms with E-state index in [1.54, 1.807) is 0 Å². The van der Waals surface area contributed by atoms with Gasteiger partial charge in [0.1, 0.15) is 11.6 Å². The fourth-order valence-electron chi connectivity index (χ4n) is 1.43. The second-order valence-corrected chi connectivity index (χ2v) is 6.07. The van der Waals surface area contributed by atoms with Gasteiger partial charge in [0.25, 0.3) is 0 Å². The molecule has 0 saturated heterocycles. The van der Waals surface area contributed by atoms with E-state index in [4.69, 9.17) is 5.11 Å². The molecule has 0 aliphatic rings. The van der Waals surface area contributed by atoms with Gasteiger partial charge >= 0.3 is 5.97 Å². The van der Waals surface area contributed by atoms with Crippen molar-refractivity contribution in [3.05, 3.63) is 29.3 Å². The second-order valence-electron chi connectivity index (χ2n) is 4.97. The molecule has 0 fully saturated rings. The quantitative estimate of drug-likeness (QED) is 0.836. The maximum absolute atomic E-state index is 13.5. The number of carboxylic acids is 1. The molecule has 0 aliphatic heterocycles. The number of carbonyl (C=O) groups excluding carboxylic acids is 1. The van der Waals surface area contributed by atoms with Crippen molar-refractivity contribution in [3.63, 3.8) is 0 Å². The highest BCUT2D eigenvalue weighted by molar-refractivity contribution is 8.13. The van der Waals surface area contributed by atoms with Crippen molar-refractivity contribution >= 4 is 22.8 Å². The second kappa shape index (κ2) is 6.83. The summed E-state index contributed by atoms with van der Waals surface area (Å²) in [5, 5.41) is 8.51. The molecule has 110 valence electrons. The zero-order valence-corrected chi connectivity index (χ0v) is 12.3. The van der Waals surface area contributed by atoms with E-state index in [2.05, 4.69) is 0 Å². The normalized spacial score (nSPS) is 12.5. The minimum absolute atomic E-state index is 0.137. The fourth-order valence-corrected chi connectivity index (χ4v) is 2.36. The third-order valence-electron chi connectivity index (χ3n) is 3.10. The maximum atomic E-state index is 13.5. The molecule has 1 aromatic carbocycles. The number of carbonyl (C=O) groups is 2. The van der Waals surface area contributed by atoms with Gasteiger partial charge in [0.15, 0.2) is 5.12 Å². The minimum Gasteiger partial charge on any atom is -0.478 e. The average molecular weight is 302 g/mol. The van der Waals surface area contributed by atoms with Crippen molar-refractivity contribution < 1.29 is 23.5 Å². The van der Waals surface area contributed by atoms with Gasteiger partial charge in [0.05, 0.1) is 10.5 Å². The molecular weight excluding hydrogens is 286 g/mol. The van der Waals surface area contributed by atoms with Gasteiger partial charge in [-0.15, -0.1) is 0 Å². The highest BCUT2D eigenvalue weighted by Crippen LogP contribution is 2.28. The molecule has 20 heavy (non-hydrogen) atoms. The summed E-state index contributed by atoms with van der Waals surface area (Å²) >= 11 is 0.612. The number of rotatable bonds is 5. The van der Waals surface area contributed by atoms with E-state index >= 15 is 0 Å². The first kappa shape index (κ1) is 16.6. The maximum Gasteiger partial charge on any atom is 0.338 e. The Morgan fingerprint density at radius 1 is 1.20 bits per heavy atom. The monoisotopic (exact) mass is 302 g/mol. The van der Waals surface area contributed by atoms with Crippen LogP contribution in [0.1, 0.15) is 37.6 Å². The van der Waals surface area contributed by atoms with E-state index in [1.165, 1.54) is 0 Å². The van der Waals surface area contributed by atoms with Crippen LogP contribution in [-0.2, 0) is 4.79 Å². The highest BCUT2D eigenvalue weighted by Gasteiger charge is 2.19. The molecule has 1 unspecified atom stereocenters. The molecule has 0 amide bonds. The van der Waals surface area contributed by atoms with Crippen LogP contribution in [0.3, 0.4) is 0 Å². The van der Waals surface area contributed by atoms with Crippen LogP contribution in [0.5, 0.6) is 0 Å². The number of halogens is 2. The Morgan fingerprint density at radius 3 is 2.30 bits per heavy atom. The van der Waals surface area contributed by atoms with E-state index in [0.29, 0.717) is 23.7 Å². The van der Waals surface area contributed by atoms with Crippen LogP contribution >= 0.6 is 11.8 Å². The standard InChI is InChI=1S/C14H16F2O3S/c1-7(2)8(3)4-13(17)20-12-5-9(14(18)19)10(15)6-11(12)16/h5-8H,4H2,1-3H3,(H,18,19). The van der Waals surface area contributed by atoms with E-state index in [-0.39, 0.29) is 22.3 Å². The molecular formula is C14H16F2O3S. The third-order valence-corrected chi connectivity index (χ3v) is 4.03. The van der Waals surface area contributed by atoms with Crippen LogP contribution in [0, 0.1) is 23.5 Å². The molecule has 0 radical (unpaired) electrons. The Kier molecular flexibility index (Phi) is 5.68. The van der Waals surface area contributed by atoms with Crippen molar-refractivity contribution in [2.75, 3.05) is 0 Å². The van der Waals surface area contributed by atoms with Crippen molar-refractivity contribution in [3.8, 4) is 0 Å². The van der Waals surface area contributed by atoms with Crippen LogP contribution < -0.4 is 0 Å². The van der Waals surface area contributed by atoms with Crippen molar-refractivity contribution in [1.29, 1.82) is 0 Å². The molecule has 6 heteroatoms. The zero-order chi connectivity index (χ0) is 15.4. The summed E-state index contributed by atoms with van der Waals surface area (Å²) < 4.78 is 26.8. The lowest BCUT2D eigenvalue weighted by atomic mass is 9.95. The van der Waals surface area contributed by atoms with Gasteiger partial charge in [-0.3, -0.25) is 4.79 Å². The minimum atomic E-state index is -1.49. The summed E-state index contributed by atoms with van der Waals surface area (Å²) in [5.41, 5.74) is -0.640. The summed E-state index contributed by atoms with van der Waals surface area (Å²) in [4.78, 5) is 22.4. The molecule has 3 nitrogen and oxygen atoms in total. The highest BCUT2D eigenvalue weighted by atomic mass is 32.2. The number of aromatic carboxylic acids is 1. The Balaban J connectivity index is 2.90. The lowest BCUT2D eigenvalue weighted by Crippen LogP contribution is -2.09. The number of hydrogen-bond donors (Lipinski definition) is 1. The Labute approximate surface area is 120 Å². The van der Waals surface area contributed by atoms with Gasteiger partial charge < -0.3 is 5.11 Å². The molecule has 0 bridgehead atoms. The predicted molar refractivity (Wildman–Crippen MR) is 72.8 cm³/mol. The van der Waals surface area contributed by atoms with Gasteiger partial charge in [-0.1, -0.05) is 20.8 Å². The summed E-state index contributed by atoms with van der Waals surface area (Å²) in [6.07, 6.45) is 0.252. The Bertz CT molecular complexity index is 529. The van der Waals surface area contributed by atoms with E-state index in [9.17, 15) is 18.4 Å². The molecule has 0 heterocycles. The number of hydrogen-bond acceptors (Lipinski definition) is 3. The molecule has 0 aromatic heterocycles. The number of thioether (sulfide) groups is 1. The molecule has 0 aliphatic carbocycles. The predicted octanol–water partition coefficient (Wildman–Crippen LogP) is 3.96. The van der Waals surface area contributed by atoms with E-state index in [1.807, 2.05) is 20.8 Å². The van der Waals surface area contributed by atoms with Crippen LogP contribution in [0.15, 0.2) is 17.0 Å². The Morgan fingerprint density at radius 2 is 1.80 bits per heavy atom. The third kappa shape index (κ3) is 4.30. The molecule has 1 aromatic rings. The molecule has 0 spiro atoms. The van der Waals surface area contributed by atoms with E-state index in [0.717, 1.165) is 6.07 Å². The number of carboxylic acid groups (broad SMARTS) is 1. The molecule has 0 saturated carbocycles. The topological polar surface area (TPSA) is 54.4 Å². The summed E-state index contributed by atoms with van der Waals surface area (Å²) in [5.74, 6) is -3.12. The molecule has 1 rings (SSSR count). The summed E-state index contributed by atoms with van der Waals surface area (Å²) in [7, 11) is 0. The first-order chi connectivity index (χ1) is 9.22. The van der Waals surface area contributed by atoms with Crippen LogP contribution in [0.4, 0.5) is 8.78 Å². The number of benzene rings is 1. The van der Waals surface area contributed by atoms with Gasteiger partial charge in [0.2, 0.25) is 0 Å². The fraction of sp³-hybridized carbons (Fsp3) is 0.429. The zero-order valence-electron chi connectivity index (χ0n) is 11.4. The SMILES string of the molecule is CC(C)C(C)CC(=O)Sc1cc(C(=O)O)c(F)cc1F. The van der Waals surface area contributed by atoms with Gasteiger partial charge in [-0.05, 0) is 29.7 Å². The lowest BCUT2D eigenvalue weighted by Gasteiger charge is -2.14. The van der Waals surface area contributed by atoms with Crippen LogP contribution in [0.25, 0.3) is 0 Å². The van der Waals surface area contributed by atoms with Gasteiger partial charge in [-0.2, -0.15) is 0 Å². The summed E-state index contributed by atoms with van der Waals surface area (Å²) in [6.45, 7) is 5.86. The van der Waals surface area contributed by atoms with Crippen molar-refractivity contribution in [2.45, 2.75) is 32.1 Å². The first-order valence-corrected chi connectivity index (χ1v) is 6.97. The van der Waals surface area contributed by atoms with Crippen molar-refractivity contribution in [1.82, 2.24) is 0 Å². The summed E-state index contributed by atoms with van der Waals surface area (Å²) in [6, 6.07) is 1.35.